The lowest BCUT2D eigenvalue weighted by molar-refractivity contribution is 0.0980. The number of rotatable bonds is 20. The Morgan fingerprint density at radius 1 is 0.424 bits per heavy atom. The molecule has 2 aliphatic rings. The van der Waals surface area contributed by atoms with Crippen LogP contribution in [0.15, 0.2) is 61.2 Å². The zero-order valence-electron chi connectivity index (χ0n) is 34.4. The van der Waals surface area contributed by atoms with E-state index in [2.05, 4.69) is 53.0 Å². The standard InChI is InChI=1S/C43H53N9O4.3ClH/c1-50(2)22-6-16-46-34-12-10-32(36-38(34)42(55)30-26-44-20-14-28(30)40(36)53)48-18-8-24-52(5)25-9-19-49-33-11-13-35(47-17-7-23-51(3)4)39-37(33)41(54)29-15-21-45-27-31(29)43(39)56;;;/h10-15,20-21,26-27,46-49H,6-9,16-19,22-25H2,1-5H3;3*1H. The topological polar surface area (TPSA) is 152 Å². The summed E-state index contributed by atoms with van der Waals surface area (Å²) in [5.74, 6) is -0.755. The van der Waals surface area contributed by atoms with Gasteiger partial charge in [0.1, 0.15) is 0 Å². The Labute approximate surface area is 365 Å². The van der Waals surface area contributed by atoms with Crippen molar-refractivity contribution in [3.8, 4) is 0 Å². The number of carbonyl (C=O) groups excluding carboxylic acids is 4. The maximum Gasteiger partial charge on any atom is 0.198 e. The number of nitrogens with zero attached hydrogens (tertiary/aromatic N) is 5. The molecule has 2 heterocycles. The van der Waals surface area contributed by atoms with Crippen molar-refractivity contribution < 1.29 is 19.2 Å². The number of anilines is 4. The fourth-order valence-corrected chi connectivity index (χ4v) is 7.32. The maximum absolute atomic E-state index is 13.8. The summed E-state index contributed by atoms with van der Waals surface area (Å²) in [5.41, 5.74) is 5.63. The van der Waals surface area contributed by atoms with Gasteiger partial charge in [-0.25, -0.2) is 0 Å². The smallest absolute Gasteiger partial charge is 0.198 e. The number of pyridine rings is 2. The van der Waals surface area contributed by atoms with Crippen LogP contribution < -0.4 is 21.3 Å². The molecule has 0 saturated carbocycles. The SMILES string of the molecule is CN(C)CCCNc1ccc(NCCCN(C)CCCNc2ccc(NCCCN(C)C)c3c2C(=O)c2ccncc2C3=O)c2c1C(=O)c1cnccc1C2=O.Cl.Cl.Cl. The summed E-state index contributed by atoms with van der Waals surface area (Å²) in [6.45, 7) is 6.01. The van der Waals surface area contributed by atoms with E-state index in [-0.39, 0.29) is 60.4 Å². The number of halogens is 3. The first kappa shape index (κ1) is 48.7. The van der Waals surface area contributed by atoms with Crippen molar-refractivity contribution >= 4 is 83.1 Å². The second-order valence-electron chi connectivity index (χ2n) is 15.0. The zero-order valence-corrected chi connectivity index (χ0v) is 36.8. The van der Waals surface area contributed by atoms with Crippen LogP contribution in [0.25, 0.3) is 0 Å². The third-order valence-corrected chi connectivity index (χ3v) is 10.2. The van der Waals surface area contributed by atoms with Gasteiger partial charge in [-0.1, -0.05) is 0 Å². The van der Waals surface area contributed by atoms with Gasteiger partial charge in [-0.05, 0) is 123 Å². The molecule has 0 amide bonds. The second kappa shape index (κ2) is 22.7. The van der Waals surface area contributed by atoms with Gasteiger partial charge in [0.25, 0.3) is 0 Å². The zero-order chi connectivity index (χ0) is 39.8. The quantitative estimate of drug-likeness (QED) is 0.0641. The Bertz CT molecular complexity index is 1970. The van der Waals surface area contributed by atoms with Gasteiger partial charge in [-0.15, -0.1) is 37.2 Å². The number of carbonyl (C=O) groups is 4. The lowest BCUT2D eigenvalue weighted by atomic mass is 9.83. The molecule has 6 rings (SSSR count). The van der Waals surface area contributed by atoms with Crippen LogP contribution >= 0.6 is 37.2 Å². The molecular formula is C43H56Cl3N9O4. The molecule has 0 saturated heterocycles. The highest BCUT2D eigenvalue weighted by Gasteiger charge is 2.35. The van der Waals surface area contributed by atoms with E-state index in [9.17, 15) is 19.2 Å². The summed E-state index contributed by atoms with van der Waals surface area (Å²) in [5, 5.41) is 13.7. The first-order valence-corrected chi connectivity index (χ1v) is 19.4. The lowest BCUT2D eigenvalue weighted by Crippen LogP contribution is -2.27. The fraction of sp³-hybridized carbons (Fsp3) is 0.395. The summed E-state index contributed by atoms with van der Waals surface area (Å²) >= 11 is 0. The van der Waals surface area contributed by atoms with Crippen LogP contribution in [-0.2, 0) is 0 Å². The summed E-state index contributed by atoms with van der Waals surface area (Å²) in [6.07, 6.45) is 9.46. The molecule has 318 valence electrons. The highest BCUT2D eigenvalue weighted by Crippen LogP contribution is 2.38. The van der Waals surface area contributed by atoms with Crippen LogP contribution in [0, 0.1) is 0 Å². The van der Waals surface area contributed by atoms with Gasteiger partial charge in [0.05, 0.1) is 33.4 Å². The summed E-state index contributed by atoms with van der Waals surface area (Å²) in [4.78, 5) is 69.7. The molecule has 59 heavy (non-hydrogen) atoms. The molecule has 2 aliphatic carbocycles. The molecule has 4 aromatic rings. The highest BCUT2D eigenvalue weighted by molar-refractivity contribution is 6.32. The molecule has 2 aromatic heterocycles. The average Bonchev–Trinajstić information content (AvgIpc) is 3.19. The van der Waals surface area contributed by atoms with Crippen LogP contribution in [0.1, 0.15) is 89.4 Å². The third kappa shape index (κ3) is 11.4. The van der Waals surface area contributed by atoms with Crippen molar-refractivity contribution in [3.05, 3.63) is 106 Å². The van der Waals surface area contributed by atoms with E-state index in [1.165, 1.54) is 12.4 Å². The molecule has 0 fully saturated rings. The third-order valence-electron chi connectivity index (χ3n) is 10.2. The van der Waals surface area contributed by atoms with Crippen molar-refractivity contribution in [3.63, 3.8) is 0 Å². The number of benzene rings is 2. The predicted octanol–water partition coefficient (Wildman–Crippen LogP) is 6.26. The van der Waals surface area contributed by atoms with E-state index in [0.29, 0.717) is 93.4 Å². The largest absolute Gasteiger partial charge is 0.384 e. The van der Waals surface area contributed by atoms with E-state index in [0.717, 1.165) is 51.9 Å². The van der Waals surface area contributed by atoms with E-state index < -0.39 is 0 Å². The van der Waals surface area contributed by atoms with Crippen LogP contribution in [0.3, 0.4) is 0 Å². The van der Waals surface area contributed by atoms with Crippen LogP contribution in [-0.4, -0.2) is 135 Å². The monoisotopic (exact) mass is 867 g/mol. The molecule has 4 N–H and O–H groups in total. The second-order valence-corrected chi connectivity index (χ2v) is 15.0. The van der Waals surface area contributed by atoms with Crippen LogP contribution in [0.4, 0.5) is 22.7 Å². The van der Waals surface area contributed by atoms with E-state index in [4.69, 9.17) is 0 Å². The fourth-order valence-electron chi connectivity index (χ4n) is 7.32. The summed E-state index contributed by atoms with van der Waals surface area (Å²) < 4.78 is 0. The molecule has 0 aliphatic heterocycles. The number of hydrogen-bond donors (Lipinski definition) is 4. The Morgan fingerprint density at radius 3 is 1.02 bits per heavy atom. The van der Waals surface area contributed by atoms with Crippen molar-refractivity contribution in [1.29, 1.82) is 0 Å². The Balaban J connectivity index is 0.00000310. The number of nitrogens with one attached hydrogen (secondary N) is 4. The van der Waals surface area contributed by atoms with E-state index in [1.807, 2.05) is 52.5 Å². The number of fused-ring (bicyclic) bond motifs is 4. The van der Waals surface area contributed by atoms with Crippen molar-refractivity contribution in [1.82, 2.24) is 24.7 Å². The van der Waals surface area contributed by atoms with Crippen molar-refractivity contribution in [2.75, 3.05) is 109 Å². The van der Waals surface area contributed by atoms with Gasteiger partial charge in [0.15, 0.2) is 23.1 Å². The summed E-state index contributed by atoms with van der Waals surface area (Å²) in [7, 11) is 10.2. The van der Waals surface area contributed by atoms with Crippen molar-refractivity contribution in [2.45, 2.75) is 25.7 Å². The lowest BCUT2D eigenvalue weighted by Gasteiger charge is -2.24. The van der Waals surface area contributed by atoms with Gasteiger partial charge in [-0.2, -0.15) is 0 Å². The van der Waals surface area contributed by atoms with Gasteiger partial charge < -0.3 is 36.0 Å². The minimum atomic E-state index is -0.198. The molecule has 0 spiro atoms. The van der Waals surface area contributed by atoms with E-state index >= 15 is 0 Å². The van der Waals surface area contributed by atoms with Gasteiger partial charge in [0.2, 0.25) is 0 Å². The molecule has 13 nitrogen and oxygen atoms in total. The molecule has 0 radical (unpaired) electrons. The highest BCUT2D eigenvalue weighted by atomic mass is 35.5. The Morgan fingerprint density at radius 2 is 0.712 bits per heavy atom. The Hall–Kier alpha value is -4.63. The average molecular weight is 869 g/mol. The summed E-state index contributed by atoms with van der Waals surface area (Å²) in [6, 6.07) is 10.8. The molecular weight excluding hydrogens is 813 g/mol. The normalized spacial score (nSPS) is 12.5. The number of hydrogen-bond acceptors (Lipinski definition) is 13. The number of ketones is 4. The van der Waals surface area contributed by atoms with Gasteiger partial charge in [-0.3, -0.25) is 29.1 Å². The molecule has 0 bridgehead atoms. The van der Waals surface area contributed by atoms with Gasteiger partial charge in [0, 0.05) is 84.8 Å². The van der Waals surface area contributed by atoms with Crippen LogP contribution in [0.5, 0.6) is 0 Å². The first-order valence-electron chi connectivity index (χ1n) is 19.4. The molecule has 0 unspecified atom stereocenters. The van der Waals surface area contributed by atoms with E-state index in [1.54, 1.807) is 24.5 Å². The van der Waals surface area contributed by atoms with Gasteiger partial charge >= 0.3 is 0 Å². The molecule has 0 atom stereocenters. The minimum absolute atomic E-state index is 0. The Kier molecular flexibility index (Phi) is 18.7. The predicted molar refractivity (Wildman–Crippen MR) is 244 cm³/mol. The molecule has 16 heteroatoms. The maximum atomic E-state index is 13.8. The molecule has 2 aromatic carbocycles. The van der Waals surface area contributed by atoms with Crippen molar-refractivity contribution in [2.24, 2.45) is 0 Å². The minimum Gasteiger partial charge on any atom is -0.384 e. The van der Waals surface area contributed by atoms with Crippen LogP contribution in [0.2, 0.25) is 0 Å². The number of aromatic nitrogens is 2. The first-order chi connectivity index (χ1) is 27.1.